The van der Waals surface area contributed by atoms with E-state index in [4.69, 9.17) is 9.16 Å². The molecule has 2 aromatic carbocycles. The van der Waals surface area contributed by atoms with Crippen LogP contribution in [0.15, 0.2) is 60.7 Å². The van der Waals surface area contributed by atoms with Crippen LogP contribution >= 0.6 is 0 Å². The SMILES string of the molecule is CN(C)[C@@H]1C[C@H](CO[Si](c2ccccc2)(c2ccccc2)C(C)(C)C)OC1=O. The van der Waals surface area contributed by atoms with Crippen LogP contribution in [-0.2, 0) is 14.0 Å². The third-order valence-corrected chi connectivity index (χ3v) is 10.6. The second kappa shape index (κ2) is 8.19. The molecule has 0 aromatic heterocycles. The van der Waals surface area contributed by atoms with E-state index in [-0.39, 0.29) is 23.2 Å². The van der Waals surface area contributed by atoms with Gasteiger partial charge in [0.1, 0.15) is 12.1 Å². The first kappa shape index (κ1) is 20.8. The van der Waals surface area contributed by atoms with Gasteiger partial charge in [0, 0.05) is 6.42 Å². The average Bonchev–Trinajstić information content (AvgIpc) is 3.04. The Morgan fingerprint density at radius 3 is 1.89 bits per heavy atom. The standard InChI is InChI=1S/C23H31NO3Si/c1-23(2,3)28(19-12-8-6-9-13-19,20-14-10-7-11-15-20)26-17-18-16-21(24(4)5)22(25)27-18/h6-15,18,21H,16-17H2,1-5H3/t18-,21-/m1/s1. The van der Waals surface area contributed by atoms with Crippen LogP contribution in [0.2, 0.25) is 5.04 Å². The Bertz CT molecular complexity index is 747. The number of ether oxygens (including phenoxy) is 1. The molecule has 2 aromatic rings. The predicted molar refractivity (Wildman–Crippen MR) is 116 cm³/mol. The van der Waals surface area contributed by atoms with Crippen molar-refractivity contribution in [1.82, 2.24) is 4.90 Å². The maximum atomic E-state index is 12.2. The minimum absolute atomic E-state index is 0.0841. The van der Waals surface area contributed by atoms with Crippen LogP contribution < -0.4 is 10.4 Å². The molecule has 1 aliphatic rings. The molecule has 0 spiro atoms. The molecule has 0 radical (unpaired) electrons. The maximum absolute atomic E-state index is 12.2. The zero-order chi connectivity index (χ0) is 20.4. The van der Waals surface area contributed by atoms with Crippen molar-refractivity contribution in [2.75, 3.05) is 20.7 Å². The lowest BCUT2D eigenvalue weighted by molar-refractivity contribution is -0.145. The number of carbonyl (C=O) groups is 1. The van der Waals surface area contributed by atoms with Crippen LogP contribution in [-0.4, -0.2) is 52.0 Å². The molecule has 0 amide bonds. The van der Waals surface area contributed by atoms with Crippen molar-refractivity contribution < 1.29 is 14.0 Å². The van der Waals surface area contributed by atoms with Gasteiger partial charge in [0.15, 0.2) is 0 Å². The van der Waals surface area contributed by atoms with Gasteiger partial charge in [-0.05, 0) is 29.5 Å². The van der Waals surface area contributed by atoms with E-state index >= 15 is 0 Å². The zero-order valence-corrected chi connectivity index (χ0v) is 18.5. The number of rotatable bonds is 6. The number of benzene rings is 2. The molecule has 28 heavy (non-hydrogen) atoms. The van der Waals surface area contributed by atoms with Crippen LogP contribution in [0.25, 0.3) is 0 Å². The molecule has 3 rings (SSSR count). The smallest absolute Gasteiger partial charge is 0.323 e. The number of nitrogens with zero attached hydrogens (tertiary/aromatic N) is 1. The quantitative estimate of drug-likeness (QED) is 0.555. The summed E-state index contributed by atoms with van der Waals surface area (Å²) >= 11 is 0. The van der Waals surface area contributed by atoms with Crippen molar-refractivity contribution in [3.63, 3.8) is 0 Å². The molecule has 0 saturated carbocycles. The normalized spacial score (nSPS) is 20.4. The molecule has 0 aliphatic carbocycles. The number of hydrogen-bond donors (Lipinski definition) is 0. The van der Waals surface area contributed by atoms with Gasteiger partial charge in [-0.3, -0.25) is 9.69 Å². The number of cyclic esters (lactones) is 1. The largest absolute Gasteiger partial charge is 0.459 e. The van der Waals surface area contributed by atoms with Gasteiger partial charge >= 0.3 is 5.97 Å². The molecule has 1 heterocycles. The van der Waals surface area contributed by atoms with Crippen molar-refractivity contribution >= 4 is 24.7 Å². The second-order valence-corrected chi connectivity index (χ2v) is 13.1. The fraction of sp³-hybridized carbons (Fsp3) is 0.435. The highest BCUT2D eigenvalue weighted by Gasteiger charge is 2.51. The summed E-state index contributed by atoms with van der Waals surface area (Å²) in [5.41, 5.74) is 0. The van der Waals surface area contributed by atoms with Gasteiger partial charge in [0.25, 0.3) is 8.32 Å². The van der Waals surface area contributed by atoms with E-state index in [1.807, 2.05) is 31.1 Å². The summed E-state index contributed by atoms with van der Waals surface area (Å²) in [5, 5.41) is 2.39. The first-order valence-corrected chi connectivity index (χ1v) is 11.8. The highest BCUT2D eigenvalue weighted by atomic mass is 28.4. The molecule has 0 unspecified atom stereocenters. The maximum Gasteiger partial charge on any atom is 0.323 e. The van der Waals surface area contributed by atoms with Crippen LogP contribution in [0.5, 0.6) is 0 Å². The molecule has 0 bridgehead atoms. The lowest BCUT2D eigenvalue weighted by atomic mass is 10.2. The number of likely N-dealkylation sites (N-methyl/N-ethyl adjacent to an activating group) is 1. The Balaban J connectivity index is 1.97. The average molecular weight is 398 g/mol. The molecule has 0 N–H and O–H groups in total. The van der Waals surface area contributed by atoms with E-state index in [2.05, 4.69) is 69.3 Å². The topological polar surface area (TPSA) is 38.8 Å². The van der Waals surface area contributed by atoms with Gasteiger partial charge in [-0.15, -0.1) is 0 Å². The zero-order valence-electron chi connectivity index (χ0n) is 17.5. The van der Waals surface area contributed by atoms with Crippen molar-refractivity contribution in [3.8, 4) is 0 Å². The Labute approximate surface area is 169 Å². The molecule has 2 atom stereocenters. The molecule has 150 valence electrons. The highest BCUT2D eigenvalue weighted by molar-refractivity contribution is 6.99. The molecule has 4 nitrogen and oxygen atoms in total. The summed E-state index contributed by atoms with van der Waals surface area (Å²) in [6.07, 6.45) is 0.464. The molecule has 1 saturated heterocycles. The van der Waals surface area contributed by atoms with Crippen LogP contribution in [0, 0.1) is 0 Å². The van der Waals surface area contributed by atoms with Gasteiger partial charge in [0.05, 0.1) is 6.61 Å². The summed E-state index contributed by atoms with van der Waals surface area (Å²) in [6, 6.07) is 20.9. The molecule has 1 fully saturated rings. The Morgan fingerprint density at radius 2 is 1.50 bits per heavy atom. The van der Waals surface area contributed by atoms with E-state index in [0.29, 0.717) is 13.0 Å². The Morgan fingerprint density at radius 1 is 1.00 bits per heavy atom. The third kappa shape index (κ3) is 3.92. The molecule has 1 aliphatic heterocycles. The van der Waals surface area contributed by atoms with Crippen molar-refractivity contribution in [2.24, 2.45) is 0 Å². The van der Waals surface area contributed by atoms with Crippen molar-refractivity contribution in [1.29, 1.82) is 0 Å². The van der Waals surface area contributed by atoms with Crippen LogP contribution in [0.4, 0.5) is 0 Å². The van der Waals surface area contributed by atoms with Gasteiger partial charge in [-0.2, -0.15) is 0 Å². The minimum atomic E-state index is -2.59. The van der Waals surface area contributed by atoms with Crippen molar-refractivity contribution in [3.05, 3.63) is 60.7 Å². The summed E-state index contributed by atoms with van der Waals surface area (Å²) in [6.45, 7) is 7.18. The Hall–Kier alpha value is -1.95. The fourth-order valence-corrected chi connectivity index (χ4v) is 8.73. The first-order valence-electron chi connectivity index (χ1n) is 9.87. The van der Waals surface area contributed by atoms with E-state index in [1.165, 1.54) is 10.4 Å². The highest BCUT2D eigenvalue weighted by Crippen LogP contribution is 2.37. The number of carbonyl (C=O) groups excluding carboxylic acids is 1. The predicted octanol–water partition coefficient (Wildman–Crippen LogP) is 2.81. The summed E-state index contributed by atoms with van der Waals surface area (Å²) < 4.78 is 12.5. The Kier molecular flexibility index (Phi) is 6.08. The molecule has 5 heteroatoms. The molecular formula is C23H31NO3Si. The number of hydrogen-bond acceptors (Lipinski definition) is 4. The first-order chi connectivity index (χ1) is 13.3. The van der Waals surface area contributed by atoms with Crippen LogP contribution in [0.1, 0.15) is 27.2 Å². The van der Waals surface area contributed by atoms with E-state index < -0.39 is 8.32 Å². The monoisotopic (exact) mass is 397 g/mol. The lowest BCUT2D eigenvalue weighted by Gasteiger charge is -2.43. The van der Waals surface area contributed by atoms with Crippen LogP contribution in [0.3, 0.4) is 0 Å². The fourth-order valence-electron chi connectivity index (χ4n) is 4.14. The summed E-state index contributed by atoms with van der Waals surface area (Å²) in [4.78, 5) is 14.1. The van der Waals surface area contributed by atoms with Gasteiger partial charge in [0.2, 0.25) is 0 Å². The minimum Gasteiger partial charge on any atom is -0.459 e. The van der Waals surface area contributed by atoms with E-state index in [9.17, 15) is 4.79 Å². The summed E-state index contributed by atoms with van der Waals surface area (Å²) in [5.74, 6) is -0.152. The lowest BCUT2D eigenvalue weighted by Crippen LogP contribution is -2.67. The van der Waals surface area contributed by atoms with E-state index in [1.54, 1.807) is 0 Å². The van der Waals surface area contributed by atoms with Gasteiger partial charge in [-0.25, -0.2) is 0 Å². The van der Waals surface area contributed by atoms with Crippen molar-refractivity contribution in [2.45, 2.75) is 44.4 Å². The number of esters is 1. The second-order valence-electron chi connectivity index (χ2n) is 8.75. The summed E-state index contributed by atoms with van der Waals surface area (Å²) in [7, 11) is 1.24. The third-order valence-electron chi connectivity index (χ3n) is 5.57. The van der Waals surface area contributed by atoms with E-state index in [0.717, 1.165) is 0 Å². The van der Waals surface area contributed by atoms with Gasteiger partial charge < -0.3 is 9.16 Å². The molecular weight excluding hydrogens is 366 g/mol. The van der Waals surface area contributed by atoms with Gasteiger partial charge in [-0.1, -0.05) is 81.4 Å².